The second-order valence-corrected chi connectivity index (χ2v) is 5.99. The van der Waals surface area contributed by atoms with Gasteiger partial charge in [0.1, 0.15) is 17.3 Å². The van der Waals surface area contributed by atoms with Crippen molar-refractivity contribution in [3.63, 3.8) is 0 Å². The van der Waals surface area contributed by atoms with E-state index in [-0.39, 0.29) is 16.7 Å². The quantitative estimate of drug-likeness (QED) is 0.508. The Labute approximate surface area is 164 Å². The minimum atomic E-state index is -1.03. The number of hydrogen-bond donors (Lipinski definition) is 2. The van der Waals surface area contributed by atoms with Crippen LogP contribution in [0.25, 0.3) is 11.3 Å². The van der Waals surface area contributed by atoms with Gasteiger partial charge in [0.15, 0.2) is 0 Å². The van der Waals surface area contributed by atoms with Gasteiger partial charge in [0.25, 0.3) is 5.91 Å². The van der Waals surface area contributed by atoms with Gasteiger partial charge in [-0.1, -0.05) is 12.1 Å². The molecule has 1 aromatic heterocycles. The molecule has 3 aromatic rings. The number of nitriles is 1. The molecule has 0 spiro atoms. The van der Waals surface area contributed by atoms with E-state index in [0.717, 1.165) is 6.07 Å². The maximum absolute atomic E-state index is 13.8. The summed E-state index contributed by atoms with van der Waals surface area (Å²) < 4.78 is 19.5. The summed E-state index contributed by atoms with van der Waals surface area (Å²) in [5, 5.41) is 21.7. The highest BCUT2D eigenvalue weighted by Crippen LogP contribution is 2.27. The van der Waals surface area contributed by atoms with Crippen LogP contribution in [0.2, 0.25) is 0 Å². The summed E-state index contributed by atoms with van der Waals surface area (Å²) >= 11 is 0. The molecular weight excluding hydrogens is 377 g/mol. The number of amides is 1. The number of aromatic carboxylic acids is 1. The number of furan rings is 1. The van der Waals surface area contributed by atoms with E-state index in [4.69, 9.17) is 9.68 Å². The van der Waals surface area contributed by atoms with Gasteiger partial charge in [-0.3, -0.25) is 4.79 Å². The first kappa shape index (κ1) is 19.5. The first-order valence-electron chi connectivity index (χ1n) is 8.37. The summed E-state index contributed by atoms with van der Waals surface area (Å²) in [7, 11) is 0. The van der Waals surface area contributed by atoms with E-state index in [1.165, 1.54) is 24.4 Å². The molecule has 0 saturated carbocycles. The number of rotatable bonds is 5. The number of hydrazone groups is 1. The third-order valence-corrected chi connectivity index (χ3v) is 4.16. The summed E-state index contributed by atoms with van der Waals surface area (Å²) in [6.07, 6.45) is 1.24. The summed E-state index contributed by atoms with van der Waals surface area (Å²) in [5.41, 5.74) is 3.39. The zero-order valence-corrected chi connectivity index (χ0v) is 15.1. The molecule has 0 aliphatic rings. The number of benzene rings is 2. The molecule has 0 saturated heterocycles. The van der Waals surface area contributed by atoms with Gasteiger partial charge in [0, 0.05) is 5.56 Å². The Balaban J connectivity index is 1.73. The summed E-state index contributed by atoms with van der Waals surface area (Å²) in [6.45, 7) is 1.68. The van der Waals surface area contributed by atoms with E-state index in [1.807, 2.05) is 0 Å². The van der Waals surface area contributed by atoms with Gasteiger partial charge in [-0.25, -0.2) is 14.6 Å². The van der Waals surface area contributed by atoms with Crippen molar-refractivity contribution >= 4 is 18.1 Å². The number of carboxylic acids is 1. The average Bonchev–Trinajstić information content (AvgIpc) is 3.16. The molecule has 0 bridgehead atoms. The lowest BCUT2D eigenvalue weighted by molar-refractivity contribution is 0.0696. The van der Waals surface area contributed by atoms with Crippen molar-refractivity contribution in [2.75, 3.05) is 0 Å². The van der Waals surface area contributed by atoms with Crippen LogP contribution in [-0.2, 0) is 0 Å². The van der Waals surface area contributed by atoms with Crippen LogP contribution in [-0.4, -0.2) is 23.2 Å². The molecule has 0 aliphatic carbocycles. The van der Waals surface area contributed by atoms with Crippen LogP contribution in [0, 0.1) is 24.1 Å². The Kier molecular flexibility index (Phi) is 5.51. The van der Waals surface area contributed by atoms with Crippen molar-refractivity contribution in [3.8, 4) is 17.4 Å². The molecule has 7 nitrogen and oxygen atoms in total. The molecule has 1 heterocycles. The van der Waals surface area contributed by atoms with E-state index in [1.54, 1.807) is 37.3 Å². The van der Waals surface area contributed by atoms with E-state index < -0.39 is 17.7 Å². The Morgan fingerprint density at radius 2 is 2.00 bits per heavy atom. The molecule has 0 atom stereocenters. The average molecular weight is 391 g/mol. The number of carbonyl (C=O) groups excluding carboxylic acids is 1. The molecule has 0 unspecified atom stereocenters. The normalized spacial score (nSPS) is 10.7. The fraction of sp³-hybridized carbons (Fsp3) is 0.0476. The molecule has 3 rings (SSSR count). The lowest BCUT2D eigenvalue weighted by atomic mass is 10.0. The predicted molar refractivity (Wildman–Crippen MR) is 102 cm³/mol. The largest absolute Gasteiger partial charge is 0.478 e. The standard InChI is InChI=1S/C21H14FN3O4/c1-12-15(3-2-4-16(12)21(27)28)19-8-6-14(29-19)11-24-25-20(26)17-7-5-13(10-23)9-18(17)22/h2-9,11H,1H3,(H,25,26)(H,27,28)/b24-11-. The fourth-order valence-electron chi connectivity index (χ4n) is 2.68. The Morgan fingerprint density at radius 3 is 2.69 bits per heavy atom. The third kappa shape index (κ3) is 4.20. The van der Waals surface area contributed by atoms with E-state index in [0.29, 0.717) is 22.6 Å². The molecule has 0 fully saturated rings. The van der Waals surface area contributed by atoms with E-state index in [2.05, 4.69) is 10.5 Å². The van der Waals surface area contributed by atoms with Gasteiger partial charge in [0.2, 0.25) is 0 Å². The van der Waals surface area contributed by atoms with Crippen LogP contribution in [0.4, 0.5) is 4.39 Å². The van der Waals surface area contributed by atoms with Crippen molar-refractivity contribution in [2.45, 2.75) is 6.92 Å². The van der Waals surface area contributed by atoms with E-state index in [9.17, 15) is 19.1 Å². The van der Waals surface area contributed by atoms with Gasteiger partial charge in [-0.05, 0) is 48.9 Å². The first-order valence-corrected chi connectivity index (χ1v) is 8.37. The second-order valence-electron chi connectivity index (χ2n) is 5.99. The third-order valence-electron chi connectivity index (χ3n) is 4.16. The number of nitrogens with zero attached hydrogens (tertiary/aromatic N) is 2. The fourth-order valence-corrected chi connectivity index (χ4v) is 2.68. The summed E-state index contributed by atoms with van der Waals surface area (Å²) in [4.78, 5) is 23.3. The molecule has 0 radical (unpaired) electrons. The van der Waals surface area contributed by atoms with Crippen molar-refractivity contribution in [3.05, 3.63) is 82.4 Å². The minimum Gasteiger partial charge on any atom is -0.478 e. The molecule has 8 heteroatoms. The Hall–Kier alpha value is -4.25. The summed E-state index contributed by atoms with van der Waals surface area (Å²) in [6, 6.07) is 13.4. The van der Waals surface area contributed by atoms with Crippen LogP contribution in [0.3, 0.4) is 0 Å². The van der Waals surface area contributed by atoms with Crippen molar-refractivity contribution in [1.82, 2.24) is 5.43 Å². The topological polar surface area (TPSA) is 116 Å². The van der Waals surface area contributed by atoms with Crippen molar-refractivity contribution in [1.29, 1.82) is 5.26 Å². The number of carboxylic acid groups (broad SMARTS) is 1. The molecule has 1 amide bonds. The summed E-state index contributed by atoms with van der Waals surface area (Å²) in [5.74, 6) is -1.89. The van der Waals surface area contributed by atoms with Crippen molar-refractivity contribution < 1.29 is 23.5 Å². The van der Waals surface area contributed by atoms with Gasteiger partial charge >= 0.3 is 5.97 Å². The highest BCUT2D eigenvalue weighted by Gasteiger charge is 2.14. The first-order chi connectivity index (χ1) is 13.9. The zero-order valence-electron chi connectivity index (χ0n) is 15.1. The van der Waals surface area contributed by atoms with Crippen LogP contribution in [0.5, 0.6) is 0 Å². The molecule has 29 heavy (non-hydrogen) atoms. The van der Waals surface area contributed by atoms with Crippen LogP contribution in [0.1, 0.15) is 37.6 Å². The monoisotopic (exact) mass is 391 g/mol. The minimum absolute atomic E-state index is 0.105. The van der Waals surface area contributed by atoms with Gasteiger partial charge < -0.3 is 9.52 Å². The lowest BCUT2D eigenvalue weighted by Crippen LogP contribution is -2.19. The maximum atomic E-state index is 13.8. The van der Waals surface area contributed by atoms with Gasteiger partial charge in [-0.2, -0.15) is 10.4 Å². The molecular formula is C21H14FN3O4. The Morgan fingerprint density at radius 1 is 1.21 bits per heavy atom. The van der Waals surface area contributed by atoms with Crippen molar-refractivity contribution in [2.24, 2.45) is 5.10 Å². The van der Waals surface area contributed by atoms with Crippen LogP contribution >= 0.6 is 0 Å². The van der Waals surface area contributed by atoms with E-state index >= 15 is 0 Å². The predicted octanol–water partition coefficient (Wildman–Crippen LogP) is 3.73. The van der Waals surface area contributed by atoms with Gasteiger partial charge in [-0.15, -0.1) is 0 Å². The SMILES string of the molecule is Cc1c(C(=O)O)cccc1-c1ccc(/C=N\NC(=O)c2ccc(C#N)cc2F)o1. The number of halogens is 1. The zero-order chi connectivity index (χ0) is 21.0. The smallest absolute Gasteiger partial charge is 0.335 e. The Bertz CT molecular complexity index is 1170. The second kappa shape index (κ2) is 8.19. The molecule has 144 valence electrons. The number of hydrogen-bond acceptors (Lipinski definition) is 5. The molecule has 2 aromatic carbocycles. The highest BCUT2D eigenvalue weighted by molar-refractivity contribution is 5.95. The molecule has 2 N–H and O–H groups in total. The molecule has 0 aliphatic heterocycles. The lowest BCUT2D eigenvalue weighted by Gasteiger charge is -2.05. The maximum Gasteiger partial charge on any atom is 0.335 e. The van der Waals surface area contributed by atoms with Crippen LogP contribution < -0.4 is 5.43 Å². The number of carbonyl (C=O) groups is 2. The number of nitrogens with one attached hydrogen (secondary N) is 1. The van der Waals surface area contributed by atoms with Crippen LogP contribution in [0.15, 0.2) is 58.0 Å². The highest BCUT2D eigenvalue weighted by atomic mass is 19.1. The van der Waals surface area contributed by atoms with Gasteiger partial charge in [0.05, 0.1) is 29.0 Å².